The van der Waals surface area contributed by atoms with E-state index in [-0.39, 0.29) is 5.56 Å². The molecular formula is C11H10BrNO. The minimum atomic E-state index is 0.0400. The fourth-order valence-corrected chi connectivity index (χ4v) is 2.05. The highest BCUT2D eigenvalue weighted by Crippen LogP contribution is 2.17. The first-order valence-electron chi connectivity index (χ1n) is 4.37. The highest BCUT2D eigenvalue weighted by Gasteiger charge is 2.03. The summed E-state index contributed by atoms with van der Waals surface area (Å²) in [7, 11) is 1.79. The Labute approximate surface area is 90.3 Å². The van der Waals surface area contributed by atoms with Gasteiger partial charge >= 0.3 is 0 Å². The van der Waals surface area contributed by atoms with E-state index < -0.39 is 0 Å². The second-order valence-electron chi connectivity index (χ2n) is 3.22. The van der Waals surface area contributed by atoms with Crippen LogP contribution in [0, 0.1) is 0 Å². The zero-order valence-corrected chi connectivity index (χ0v) is 9.41. The Morgan fingerprint density at radius 1 is 1.36 bits per heavy atom. The molecule has 72 valence electrons. The van der Waals surface area contributed by atoms with Gasteiger partial charge in [0, 0.05) is 23.8 Å². The number of benzene rings is 1. The average Bonchev–Trinajstić information content (AvgIpc) is 2.23. The van der Waals surface area contributed by atoms with E-state index in [9.17, 15) is 4.79 Å². The fraction of sp³-hybridized carbons (Fsp3) is 0.182. The first-order chi connectivity index (χ1) is 6.74. The summed E-state index contributed by atoms with van der Waals surface area (Å²) in [5.74, 6) is 0. The van der Waals surface area contributed by atoms with Crippen LogP contribution in [0.4, 0.5) is 0 Å². The average molecular weight is 252 g/mol. The van der Waals surface area contributed by atoms with Crippen LogP contribution in [-0.2, 0) is 12.4 Å². The molecule has 0 amide bonds. The van der Waals surface area contributed by atoms with E-state index in [0.717, 1.165) is 16.5 Å². The van der Waals surface area contributed by atoms with E-state index in [0.29, 0.717) is 5.33 Å². The Morgan fingerprint density at radius 3 is 2.79 bits per heavy atom. The van der Waals surface area contributed by atoms with Crippen molar-refractivity contribution < 1.29 is 0 Å². The third-order valence-electron chi connectivity index (χ3n) is 2.38. The second kappa shape index (κ2) is 3.58. The van der Waals surface area contributed by atoms with Gasteiger partial charge < -0.3 is 4.57 Å². The molecule has 1 heterocycles. The highest BCUT2D eigenvalue weighted by atomic mass is 79.9. The topological polar surface area (TPSA) is 22.0 Å². The van der Waals surface area contributed by atoms with Crippen LogP contribution in [0.2, 0.25) is 0 Å². The van der Waals surface area contributed by atoms with Crippen LogP contribution < -0.4 is 5.56 Å². The summed E-state index contributed by atoms with van der Waals surface area (Å²) in [5.41, 5.74) is 2.07. The third-order valence-corrected chi connectivity index (χ3v) is 2.99. The molecule has 14 heavy (non-hydrogen) atoms. The molecule has 0 atom stereocenters. The number of aryl methyl sites for hydroxylation is 1. The Hall–Kier alpha value is -1.09. The number of alkyl halides is 1. The molecule has 2 nitrogen and oxygen atoms in total. The molecule has 0 unspecified atom stereocenters. The van der Waals surface area contributed by atoms with Crippen molar-refractivity contribution in [2.75, 3.05) is 0 Å². The molecule has 2 rings (SSSR count). The van der Waals surface area contributed by atoms with Crippen molar-refractivity contribution in [3.8, 4) is 0 Å². The summed E-state index contributed by atoms with van der Waals surface area (Å²) in [6, 6.07) is 9.60. The van der Waals surface area contributed by atoms with Crippen molar-refractivity contribution >= 4 is 26.8 Å². The molecule has 0 radical (unpaired) electrons. The third kappa shape index (κ3) is 1.38. The standard InChI is InChI=1S/C11H10BrNO/c1-13-10-5-3-2-4-9(10)8(7-12)6-11(13)14/h2-6H,7H2,1H3. The number of pyridine rings is 1. The van der Waals surface area contributed by atoms with Crippen LogP contribution in [0.1, 0.15) is 5.56 Å². The summed E-state index contributed by atoms with van der Waals surface area (Å²) < 4.78 is 1.67. The van der Waals surface area contributed by atoms with Crippen LogP contribution in [0.15, 0.2) is 35.1 Å². The molecular weight excluding hydrogens is 242 g/mol. The van der Waals surface area contributed by atoms with Gasteiger partial charge in [0.1, 0.15) is 0 Å². The highest BCUT2D eigenvalue weighted by molar-refractivity contribution is 9.08. The van der Waals surface area contributed by atoms with E-state index in [1.165, 1.54) is 0 Å². The van der Waals surface area contributed by atoms with Crippen LogP contribution in [0.3, 0.4) is 0 Å². The maximum atomic E-state index is 11.6. The van der Waals surface area contributed by atoms with Gasteiger partial charge in [-0.15, -0.1) is 0 Å². The smallest absolute Gasteiger partial charge is 0.251 e. The van der Waals surface area contributed by atoms with Crippen LogP contribution >= 0.6 is 15.9 Å². The van der Waals surface area contributed by atoms with Gasteiger partial charge in [-0.1, -0.05) is 34.1 Å². The van der Waals surface area contributed by atoms with Crippen molar-refractivity contribution in [2.24, 2.45) is 7.05 Å². The van der Waals surface area contributed by atoms with Gasteiger partial charge in [0.05, 0.1) is 5.52 Å². The van der Waals surface area contributed by atoms with Gasteiger partial charge in [0.2, 0.25) is 0 Å². The molecule has 0 aliphatic carbocycles. The summed E-state index contributed by atoms with van der Waals surface area (Å²) in [6.07, 6.45) is 0. The number of rotatable bonds is 1. The van der Waals surface area contributed by atoms with E-state index in [1.807, 2.05) is 24.3 Å². The normalized spacial score (nSPS) is 10.7. The first kappa shape index (κ1) is 9.46. The molecule has 0 bridgehead atoms. The minimum absolute atomic E-state index is 0.0400. The van der Waals surface area contributed by atoms with Crippen LogP contribution in [0.25, 0.3) is 10.9 Å². The molecule has 0 fully saturated rings. The van der Waals surface area contributed by atoms with Crippen LogP contribution in [-0.4, -0.2) is 4.57 Å². The molecule has 0 saturated heterocycles. The molecule has 1 aromatic carbocycles. The molecule has 1 aromatic heterocycles. The number of fused-ring (bicyclic) bond motifs is 1. The van der Waals surface area contributed by atoms with E-state index >= 15 is 0 Å². The summed E-state index contributed by atoms with van der Waals surface area (Å²) in [4.78, 5) is 11.6. The summed E-state index contributed by atoms with van der Waals surface area (Å²) >= 11 is 3.39. The lowest BCUT2D eigenvalue weighted by atomic mass is 10.1. The first-order valence-corrected chi connectivity index (χ1v) is 5.50. The molecule has 0 aliphatic heterocycles. The Morgan fingerprint density at radius 2 is 2.07 bits per heavy atom. The predicted octanol–water partition coefficient (Wildman–Crippen LogP) is 2.43. The zero-order chi connectivity index (χ0) is 10.1. The second-order valence-corrected chi connectivity index (χ2v) is 3.78. The van der Waals surface area contributed by atoms with Gasteiger partial charge in [0.15, 0.2) is 0 Å². The van der Waals surface area contributed by atoms with Crippen molar-refractivity contribution in [3.63, 3.8) is 0 Å². The monoisotopic (exact) mass is 251 g/mol. The van der Waals surface area contributed by atoms with Gasteiger partial charge in [-0.3, -0.25) is 4.79 Å². The summed E-state index contributed by atoms with van der Waals surface area (Å²) in [5, 5.41) is 1.84. The number of nitrogens with zero attached hydrogens (tertiary/aromatic N) is 1. The Bertz CT molecular complexity index is 530. The molecule has 2 aromatic rings. The zero-order valence-electron chi connectivity index (χ0n) is 7.83. The SMILES string of the molecule is Cn1c(=O)cc(CBr)c2ccccc21. The number of halogens is 1. The number of para-hydroxylation sites is 1. The van der Waals surface area contributed by atoms with Crippen molar-refractivity contribution in [3.05, 3.63) is 46.2 Å². The number of hydrogen-bond acceptors (Lipinski definition) is 1. The summed E-state index contributed by atoms with van der Waals surface area (Å²) in [6.45, 7) is 0. The van der Waals surface area contributed by atoms with E-state index in [2.05, 4.69) is 15.9 Å². The predicted molar refractivity (Wildman–Crippen MR) is 61.8 cm³/mol. The lowest BCUT2D eigenvalue weighted by molar-refractivity contribution is 0.902. The molecule has 0 N–H and O–H groups in total. The minimum Gasteiger partial charge on any atom is -0.311 e. The molecule has 3 heteroatoms. The number of hydrogen-bond donors (Lipinski definition) is 0. The molecule has 0 saturated carbocycles. The van der Waals surface area contributed by atoms with Crippen molar-refractivity contribution in [2.45, 2.75) is 5.33 Å². The van der Waals surface area contributed by atoms with Gasteiger partial charge in [-0.05, 0) is 11.6 Å². The van der Waals surface area contributed by atoms with E-state index in [1.54, 1.807) is 17.7 Å². The van der Waals surface area contributed by atoms with Crippen molar-refractivity contribution in [1.82, 2.24) is 4.57 Å². The molecule has 0 aliphatic rings. The van der Waals surface area contributed by atoms with Gasteiger partial charge in [-0.25, -0.2) is 0 Å². The van der Waals surface area contributed by atoms with Crippen molar-refractivity contribution in [1.29, 1.82) is 0 Å². The van der Waals surface area contributed by atoms with Crippen LogP contribution in [0.5, 0.6) is 0 Å². The maximum Gasteiger partial charge on any atom is 0.251 e. The fourth-order valence-electron chi connectivity index (χ4n) is 1.59. The molecule has 0 spiro atoms. The van der Waals surface area contributed by atoms with Gasteiger partial charge in [0.25, 0.3) is 5.56 Å². The van der Waals surface area contributed by atoms with Gasteiger partial charge in [-0.2, -0.15) is 0 Å². The lowest BCUT2D eigenvalue weighted by Crippen LogP contribution is -2.16. The largest absolute Gasteiger partial charge is 0.311 e. The lowest BCUT2D eigenvalue weighted by Gasteiger charge is -2.07. The quantitative estimate of drug-likeness (QED) is 0.714. The Balaban J connectivity index is 2.97. The Kier molecular flexibility index (Phi) is 2.42. The van der Waals surface area contributed by atoms with E-state index in [4.69, 9.17) is 0 Å². The number of aromatic nitrogens is 1. The maximum absolute atomic E-state index is 11.6.